The summed E-state index contributed by atoms with van der Waals surface area (Å²) >= 11 is 6.02. The van der Waals surface area contributed by atoms with Gasteiger partial charge in [0, 0.05) is 30.8 Å². The van der Waals surface area contributed by atoms with Crippen molar-refractivity contribution >= 4 is 40.4 Å². The molecule has 0 radical (unpaired) electrons. The monoisotopic (exact) mass is 431 g/mol. The Labute approximate surface area is 177 Å². The number of imidazole rings is 1. The van der Waals surface area contributed by atoms with Gasteiger partial charge in [0.15, 0.2) is 11.2 Å². The van der Waals surface area contributed by atoms with Gasteiger partial charge in [-0.25, -0.2) is 9.36 Å². The number of nitrogens with zero attached hydrogens (tertiary/aromatic N) is 5. The number of hydrogen-bond donors (Lipinski definition) is 0. The molecule has 4 rings (SSSR count). The van der Waals surface area contributed by atoms with Crippen LogP contribution >= 0.6 is 11.6 Å². The first-order chi connectivity index (χ1) is 14.3. The second kappa shape index (κ2) is 7.64. The van der Waals surface area contributed by atoms with Crippen LogP contribution in [0.2, 0.25) is 5.02 Å². The van der Waals surface area contributed by atoms with Crippen LogP contribution in [0.5, 0.6) is 0 Å². The predicted molar refractivity (Wildman–Crippen MR) is 113 cm³/mol. The molecule has 1 aromatic carbocycles. The van der Waals surface area contributed by atoms with Crippen molar-refractivity contribution in [3.8, 4) is 0 Å². The van der Waals surface area contributed by atoms with Crippen LogP contribution < -0.4 is 16.1 Å². The van der Waals surface area contributed by atoms with Crippen molar-refractivity contribution in [2.45, 2.75) is 26.9 Å². The van der Waals surface area contributed by atoms with E-state index in [0.717, 1.165) is 10.3 Å². The molecule has 158 valence electrons. The van der Waals surface area contributed by atoms with E-state index < -0.39 is 23.8 Å². The van der Waals surface area contributed by atoms with Crippen molar-refractivity contribution in [1.82, 2.24) is 18.7 Å². The molecule has 0 saturated heterocycles. The average Bonchev–Trinajstić information content (AvgIpc) is 3.09. The Morgan fingerprint density at radius 2 is 1.93 bits per heavy atom. The van der Waals surface area contributed by atoms with E-state index >= 15 is 0 Å². The topological polar surface area (TPSA) is 91.4 Å². The number of fused-ring (bicyclic) bond motifs is 3. The van der Waals surface area contributed by atoms with Gasteiger partial charge in [-0.05, 0) is 37.1 Å². The van der Waals surface area contributed by atoms with Gasteiger partial charge in [-0.15, -0.1) is 0 Å². The van der Waals surface area contributed by atoms with E-state index in [4.69, 9.17) is 16.3 Å². The van der Waals surface area contributed by atoms with Crippen molar-refractivity contribution in [3.05, 3.63) is 50.1 Å². The average molecular weight is 432 g/mol. The Morgan fingerprint density at radius 3 is 2.60 bits per heavy atom. The van der Waals surface area contributed by atoms with Gasteiger partial charge in [0.2, 0.25) is 5.95 Å². The third kappa shape index (κ3) is 3.28. The zero-order chi connectivity index (χ0) is 21.6. The lowest BCUT2D eigenvalue weighted by Crippen LogP contribution is -2.42. The number of carbonyl (C=O) groups excluding carboxylic acids is 1. The van der Waals surface area contributed by atoms with Gasteiger partial charge in [0.25, 0.3) is 5.56 Å². The largest absolute Gasteiger partial charge is 0.465 e. The van der Waals surface area contributed by atoms with Gasteiger partial charge in [-0.2, -0.15) is 4.98 Å². The molecular weight excluding hydrogens is 410 g/mol. The Morgan fingerprint density at radius 1 is 1.23 bits per heavy atom. The first-order valence-corrected chi connectivity index (χ1v) is 10.1. The number of esters is 1. The zero-order valence-electron chi connectivity index (χ0n) is 17.0. The minimum atomic E-state index is -0.634. The Balaban J connectivity index is 1.93. The molecule has 0 spiro atoms. The van der Waals surface area contributed by atoms with E-state index in [2.05, 4.69) is 11.9 Å². The van der Waals surface area contributed by atoms with Crippen LogP contribution in [-0.2, 0) is 29.7 Å². The number of ether oxygens (including phenoxy) is 1. The van der Waals surface area contributed by atoms with Crippen LogP contribution in [0.25, 0.3) is 11.2 Å². The molecule has 0 saturated carbocycles. The van der Waals surface area contributed by atoms with Crippen molar-refractivity contribution in [3.63, 3.8) is 0 Å². The summed E-state index contributed by atoms with van der Waals surface area (Å²) < 4.78 is 8.94. The molecular formula is C20H22ClN5O4. The van der Waals surface area contributed by atoms with E-state index in [1.54, 1.807) is 26.1 Å². The maximum Gasteiger partial charge on any atom is 0.333 e. The molecule has 1 atom stereocenters. The lowest BCUT2D eigenvalue weighted by molar-refractivity contribution is -0.143. The van der Waals surface area contributed by atoms with Crippen LogP contribution in [0.1, 0.15) is 13.8 Å². The van der Waals surface area contributed by atoms with Gasteiger partial charge in [-0.1, -0.05) is 18.5 Å². The summed E-state index contributed by atoms with van der Waals surface area (Å²) in [4.78, 5) is 44.5. The molecule has 0 amide bonds. The summed E-state index contributed by atoms with van der Waals surface area (Å²) in [6, 6.07) is 7.38. The predicted octanol–water partition coefficient (Wildman–Crippen LogP) is 1.90. The number of hydrogen-bond acceptors (Lipinski definition) is 6. The van der Waals surface area contributed by atoms with Crippen molar-refractivity contribution < 1.29 is 9.53 Å². The Bertz CT molecular complexity index is 1240. The van der Waals surface area contributed by atoms with Crippen LogP contribution in [0, 0.1) is 5.92 Å². The minimum absolute atomic E-state index is 0.172. The van der Waals surface area contributed by atoms with Gasteiger partial charge in [0.1, 0.15) is 6.54 Å². The highest BCUT2D eigenvalue weighted by Crippen LogP contribution is 2.33. The number of aryl methyl sites for hydroxylation is 1. The highest BCUT2D eigenvalue weighted by atomic mass is 35.5. The van der Waals surface area contributed by atoms with E-state index in [-0.39, 0.29) is 18.2 Å². The molecule has 30 heavy (non-hydrogen) atoms. The first-order valence-electron chi connectivity index (χ1n) is 9.70. The molecule has 1 aliphatic rings. The zero-order valence-corrected chi connectivity index (χ0v) is 17.7. The lowest BCUT2D eigenvalue weighted by Gasteiger charge is -2.33. The molecule has 3 aromatic rings. The SMILES string of the molecule is CCOC(=O)Cn1c(=O)c2c(nc3n2CC(C)CN3c2ccc(Cl)cc2)n(C)c1=O. The highest BCUT2D eigenvalue weighted by molar-refractivity contribution is 6.30. The summed E-state index contributed by atoms with van der Waals surface area (Å²) in [5.74, 6) is 0.165. The number of rotatable bonds is 4. The molecule has 9 nitrogen and oxygen atoms in total. The smallest absolute Gasteiger partial charge is 0.333 e. The number of halogens is 1. The van der Waals surface area contributed by atoms with Crippen molar-refractivity contribution in [1.29, 1.82) is 0 Å². The quantitative estimate of drug-likeness (QED) is 0.586. The van der Waals surface area contributed by atoms with Crippen molar-refractivity contribution in [2.75, 3.05) is 18.1 Å². The molecule has 1 unspecified atom stereocenters. The molecule has 3 heterocycles. The van der Waals surface area contributed by atoms with Gasteiger partial charge < -0.3 is 14.2 Å². The van der Waals surface area contributed by atoms with Gasteiger partial charge in [-0.3, -0.25) is 14.2 Å². The standard InChI is InChI=1S/C20H22ClN5O4/c1-4-30-15(27)11-26-18(28)16-17(23(3)20(26)29)22-19-24(9-12(2)10-25(16)19)14-7-5-13(21)6-8-14/h5-8,12H,4,9-11H2,1-3H3. The lowest BCUT2D eigenvalue weighted by atomic mass is 10.1. The van der Waals surface area contributed by atoms with E-state index in [1.165, 1.54) is 4.57 Å². The third-order valence-electron chi connectivity index (χ3n) is 5.17. The first kappa shape index (κ1) is 20.2. The fraction of sp³-hybridized carbons (Fsp3) is 0.400. The van der Waals surface area contributed by atoms with E-state index in [9.17, 15) is 14.4 Å². The van der Waals surface area contributed by atoms with Crippen molar-refractivity contribution in [2.24, 2.45) is 13.0 Å². The van der Waals surface area contributed by atoms with E-state index in [1.807, 2.05) is 21.6 Å². The highest BCUT2D eigenvalue weighted by Gasteiger charge is 2.30. The van der Waals surface area contributed by atoms with Crippen LogP contribution in [-0.4, -0.2) is 37.8 Å². The molecule has 0 aliphatic carbocycles. The van der Waals surface area contributed by atoms with Crippen LogP contribution in [0.15, 0.2) is 33.9 Å². The third-order valence-corrected chi connectivity index (χ3v) is 5.43. The molecule has 2 aromatic heterocycles. The molecule has 10 heteroatoms. The fourth-order valence-corrected chi connectivity index (χ4v) is 3.94. The van der Waals surface area contributed by atoms with Gasteiger partial charge in [0.05, 0.1) is 6.61 Å². The fourth-order valence-electron chi connectivity index (χ4n) is 3.82. The second-order valence-electron chi connectivity index (χ2n) is 7.42. The van der Waals surface area contributed by atoms with Crippen LogP contribution in [0.3, 0.4) is 0 Å². The van der Waals surface area contributed by atoms with E-state index in [0.29, 0.717) is 29.6 Å². The molecule has 0 fully saturated rings. The second-order valence-corrected chi connectivity index (χ2v) is 7.86. The normalized spacial score (nSPS) is 16.0. The molecule has 1 aliphatic heterocycles. The number of benzene rings is 1. The summed E-state index contributed by atoms with van der Waals surface area (Å²) in [7, 11) is 1.54. The van der Waals surface area contributed by atoms with Crippen LogP contribution in [0.4, 0.5) is 11.6 Å². The number of aromatic nitrogens is 4. The maximum absolute atomic E-state index is 13.2. The number of anilines is 2. The Kier molecular flexibility index (Phi) is 5.15. The minimum Gasteiger partial charge on any atom is -0.465 e. The summed E-state index contributed by atoms with van der Waals surface area (Å²) in [6.07, 6.45) is 0. The summed E-state index contributed by atoms with van der Waals surface area (Å²) in [5.41, 5.74) is 0.307. The molecule has 0 bridgehead atoms. The maximum atomic E-state index is 13.2. The molecule has 0 N–H and O–H groups in total. The van der Waals surface area contributed by atoms with Gasteiger partial charge >= 0.3 is 11.7 Å². The number of carbonyl (C=O) groups is 1. The summed E-state index contributed by atoms with van der Waals surface area (Å²) in [6.45, 7) is 4.76. The Hall–Kier alpha value is -3.07. The summed E-state index contributed by atoms with van der Waals surface area (Å²) in [5, 5.41) is 0.626.